The van der Waals surface area contributed by atoms with Crippen LogP contribution < -0.4 is 10.6 Å². The summed E-state index contributed by atoms with van der Waals surface area (Å²) in [6, 6.07) is 4.35. The molecule has 7 rings (SSSR count). The van der Waals surface area contributed by atoms with Crippen LogP contribution in [-0.2, 0) is 13.6 Å². The predicted molar refractivity (Wildman–Crippen MR) is 142 cm³/mol. The highest BCUT2D eigenvalue weighted by Gasteiger charge is 2.57. The minimum absolute atomic E-state index is 0.243. The molecule has 1 aromatic carbocycles. The topological polar surface area (TPSA) is 124 Å². The van der Waals surface area contributed by atoms with Gasteiger partial charge in [0.25, 0.3) is 5.92 Å². The van der Waals surface area contributed by atoms with Crippen LogP contribution in [0.1, 0.15) is 24.8 Å². The molecule has 0 amide bonds. The van der Waals surface area contributed by atoms with Gasteiger partial charge in [-0.05, 0) is 30.5 Å². The van der Waals surface area contributed by atoms with E-state index in [4.69, 9.17) is 5.73 Å². The fraction of sp³-hybridized carbons (Fsp3) is 0.370. The number of rotatable bonds is 4. The molecule has 13 heteroatoms. The zero-order valence-electron chi connectivity index (χ0n) is 21.5. The third-order valence-electron chi connectivity index (χ3n) is 8.31. The van der Waals surface area contributed by atoms with Gasteiger partial charge in [0.1, 0.15) is 23.8 Å². The van der Waals surface area contributed by atoms with Crippen molar-refractivity contribution in [3.63, 3.8) is 0 Å². The number of nitrogen functional groups attached to an aromatic ring is 1. The number of halogens is 3. The quantitative estimate of drug-likeness (QED) is 0.349. The van der Waals surface area contributed by atoms with E-state index in [0.29, 0.717) is 53.0 Å². The van der Waals surface area contributed by atoms with Crippen LogP contribution in [0.3, 0.4) is 0 Å². The van der Waals surface area contributed by atoms with Crippen LogP contribution in [0, 0.1) is 11.7 Å². The Kier molecular flexibility index (Phi) is 5.50. The second-order valence-electron chi connectivity index (χ2n) is 10.6. The number of pyridine rings is 1. The van der Waals surface area contributed by atoms with Crippen LogP contribution in [0.2, 0.25) is 0 Å². The molecule has 4 aromatic heterocycles. The van der Waals surface area contributed by atoms with E-state index in [1.54, 1.807) is 47.2 Å². The van der Waals surface area contributed by atoms with Crippen LogP contribution >= 0.6 is 0 Å². The molecule has 1 aliphatic heterocycles. The number of aliphatic hydroxyl groups excluding tert-OH is 1. The van der Waals surface area contributed by atoms with Crippen molar-refractivity contribution in [1.29, 1.82) is 0 Å². The van der Waals surface area contributed by atoms with E-state index in [2.05, 4.69) is 25.0 Å². The average molecular weight is 550 g/mol. The third-order valence-corrected chi connectivity index (χ3v) is 8.31. The second kappa shape index (κ2) is 8.88. The summed E-state index contributed by atoms with van der Waals surface area (Å²) < 4.78 is 48.0. The van der Waals surface area contributed by atoms with Gasteiger partial charge in [0, 0.05) is 49.0 Å². The summed E-state index contributed by atoms with van der Waals surface area (Å²) in [4.78, 5) is 19.2. The number of nitrogens with two attached hydrogens (primary N) is 1. The molecule has 10 nitrogen and oxygen atoms in total. The van der Waals surface area contributed by atoms with Gasteiger partial charge in [-0.1, -0.05) is 0 Å². The zero-order chi connectivity index (χ0) is 27.8. The molecule has 0 spiro atoms. The van der Waals surface area contributed by atoms with Crippen molar-refractivity contribution in [2.24, 2.45) is 13.0 Å². The number of imidazole rings is 1. The summed E-state index contributed by atoms with van der Waals surface area (Å²) in [5.74, 6) is -3.92. The number of aromatic nitrogens is 7. The van der Waals surface area contributed by atoms with Crippen LogP contribution in [-0.4, -0.2) is 64.0 Å². The standard InChI is InChI=1S/C27H26F3N9O/c1-37-20-7-18(28)17(5-14(20)9-36-37)19-6-15(11-38-13-35-23-25(31)33-12-34-26(23)38)22(10-32-19)39-4-2-3-16-21(39)8-27(29,30)24(16)40/h5-7,9-10,12-13,16,21,24,40H,2-4,8,11H2,1H3,(H2,31,33,34)/t16?,21?,24-/m1/s1. The molecular formula is C27H26F3N9O. The van der Waals surface area contributed by atoms with Gasteiger partial charge in [0.2, 0.25) is 0 Å². The predicted octanol–water partition coefficient (Wildman–Crippen LogP) is 3.53. The van der Waals surface area contributed by atoms with Crippen molar-refractivity contribution in [3.8, 4) is 11.3 Å². The number of aliphatic hydroxyl groups is 1. The van der Waals surface area contributed by atoms with E-state index in [-0.39, 0.29) is 12.4 Å². The number of hydrogen-bond donors (Lipinski definition) is 2. The van der Waals surface area contributed by atoms with Gasteiger partial charge < -0.3 is 20.3 Å². The van der Waals surface area contributed by atoms with Crippen LogP contribution in [0.5, 0.6) is 0 Å². The molecule has 0 bridgehead atoms. The van der Waals surface area contributed by atoms with Crippen molar-refractivity contribution >= 4 is 33.6 Å². The number of fused-ring (bicyclic) bond motifs is 3. The summed E-state index contributed by atoms with van der Waals surface area (Å²) in [6.07, 6.45) is 5.27. The Morgan fingerprint density at radius 1 is 1.12 bits per heavy atom. The Morgan fingerprint density at radius 3 is 2.83 bits per heavy atom. The molecular weight excluding hydrogens is 523 g/mol. The van der Waals surface area contributed by atoms with Gasteiger partial charge in [-0.3, -0.25) is 9.67 Å². The van der Waals surface area contributed by atoms with Gasteiger partial charge in [-0.15, -0.1) is 0 Å². The number of anilines is 2. The highest BCUT2D eigenvalue weighted by molar-refractivity contribution is 5.85. The molecule has 2 aliphatic rings. The van der Waals surface area contributed by atoms with Gasteiger partial charge in [0.05, 0.1) is 42.2 Å². The molecule has 0 radical (unpaired) electrons. The second-order valence-corrected chi connectivity index (χ2v) is 10.6. The fourth-order valence-corrected chi connectivity index (χ4v) is 6.32. The molecule has 3 N–H and O–H groups in total. The first-order valence-corrected chi connectivity index (χ1v) is 13.1. The van der Waals surface area contributed by atoms with E-state index in [1.807, 2.05) is 4.90 Å². The zero-order valence-corrected chi connectivity index (χ0v) is 21.5. The Labute approximate surface area is 226 Å². The summed E-state index contributed by atoms with van der Waals surface area (Å²) >= 11 is 0. The number of hydrogen-bond acceptors (Lipinski definition) is 8. The van der Waals surface area contributed by atoms with E-state index < -0.39 is 36.2 Å². The molecule has 1 saturated heterocycles. The first-order valence-electron chi connectivity index (χ1n) is 13.1. The van der Waals surface area contributed by atoms with Crippen LogP contribution in [0.25, 0.3) is 33.3 Å². The van der Waals surface area contributed by atoms with Crippen LogP contribution in [0.4, 0.5) is 24.7 Å². The van der Waals surface area contributed by atoms with Crippen molar-refractivity contribution in [1.82, 2.24) is 34.3 Å². The van der Waals surface area contributed by atoms with E-state index >= 15 is 4.39 Å². The lowest BCUT2D eigenvalue weighted by Crippen LogP contribution is -2.45. The Bertz CT molecular complexity index is 1770. The molecule has 3 atom stereocenters. The van der Waals surface area contributed by atoms with Crippen molar-refractivity contribution in [2.75, 3.05) is 17.2 Å². The lowest BCUT2D eigenvalue weighted by molar-refractivity contribution is -0.0988. The number of alkyl halides is 2. The highest BCUT2D eigenvalue weighted by atomic mass is 19.3. The summed E-state index contributed by atoms with van der Waals surface area (Å²) in [7, 11) is 1.74. The van der Waals surface area contributed by atoms with Gasteiger partial charge in [-0.2, -0.15) is 5.10 Å². The molecule has 2 fully saturated rings. The fourth-order valence-electron chi connectivity index (χ4n) is 6.32. The average Bonchev–Trinajstić information content (AvgIpc) is 3.58. The molecule has 5 heterocycles. The van der Waals surface area contributed by atoms with E-state index in [0.717, 1.165) is 10.9 Å². The molecule has 40 heavy (non-hydrogen) atoms. The van der Waals surface area contributed by atoms with Crippen molar-refractivity contribution < 1.29 is 18.3 Å². The molecule has 2 unspecified atom stereocenters. The van der Waals surface area contributed by atoms with Crippen molar-refractivity contribution in [3.05, 3.63) is 54.6 Å². The molecule has 1 aliphatic carbocycles. The first kappa shape index (κ1) is 24.8. The number of piperidine rings is 1. The summed E-state index contributed by atoms with van der Waals surface area (Å²) in [5, 5.41) is 15.3. The smallest absolute Gasteiger partial charge is 0.275 e. The largest absolute Gasteiger partial charge is 0.386 e. The summed E-state index contributed by atoms with van der Waals surface area (Å²) in [6.45, 7) is 0.787. The Balaban J connectivity index is 1.36. The van der Waals surface area contributed by atoms with Gasteiger partial charge in [-0.25, -0.2) is 28.1 Å². The summed E-state index contributed by atoms with van der Waals surface area (Å²) in [5.41, 5.74) is 9.66. The third kappa shape index (κ3) is 3.79. The molecule has 1 saturated carbocycles. The van der Waals surface area contributed by atoms with E-state index in [9.17, 15) is 13.9 Å². The maximum atomic E-state index is 15.3. The Morgan fingerprint density at radius 2 is 1.98 bits per heavy atom. The molecule has 206 valence electrons. The van der Waals surface area contributed by atoms with Gasteiger partial charge >= 0.3 is 0 Å². The number of aryl methyl sites for hydroxylation is 1. The SMILES string of the molecule is Cn1ncc2cc(-c3cc(Cn4cnc5c(N)ncnc54)c(N4CCCC5C4CC(F)(F)[C@@H]5O)cn3)c(F)cc21. The highest BCUT2D eigenvalue weighted by Crippen LogP contribution is 2.47. The van der Waals surface area contributed by atoms with E-state index in [1.165, 1.54) is 12.4 Å². The number of nitrogens with zero attached hydrogens (tertiary/aromatic N) is 8. The minimum Gasteiger partial charge on any atom is -0.386 e. The maximum absolute atomic E-state index is 15.3. The van der Waals surface area contributed by atoms with Gasteiger partial charge in [0.15, 0.2) is 11.5 Å². The molecule has 5 aromatic rings. The first-order chi connectivity index (χ1) is 19.2. The number of benzene rings is 1. The monoisotopic (exact) mass is 549 g/mol. The maximum Gasteiger partial charge on any atom is 0.275 e. The van der Waals surface area contributed by atoms with Crippen molar-refractivity contribution in [2.45, 2.75) is 43.9 Å². The normalized spacial score (nSPS) is 22.3. The minimum atomic E-state index is -3.16. The lowest BCUT2D eigenvalue weighted by Gasteiger charge is -2.40. The lowest BCUT2D eigenvalue weighted by atomic mass is 9.89. The Hall–Kier alpha value is -4.26. The van der Waals surface area contributed by atoms with Crippen LogP contribution in [0.15, 0.2) is 43.2 Å².